The first-order valence-electron chi connectivity index (χ1n) is 9.76. The van der Waals surface area contributed by atoms with Crippen molar-refractivity contribution in [2.24, 2.45) is 10.9 Å². The molecule has 1 aliphatic heterocycles. The average molecular weight is 385 g/mol. The van der Waals surface area contributed by atoms with Gasteiger partial charge in [0.2, 0.25) is 0 Å². The van der Waals surface area contributed by atoms with Crippen molar-refractivity contribution in [3.8, 4) is 11.5 Å². The maximum Gasteiger partial charge on any atom is 0.315 e. The fourth-order valence-electron chi connectivity index (χ4n) is 3.93. The predicted molar refractivity (Wildman–Crippen MR) is 106 cm³/mol. The molecule has 1 aromatic carbocycles. The van der Waals surface area contributed by atoms with Crippen molar-refractivity contribution in [1.29, 1.82) is 0 Å². The molecule has 1 aromatic rings. The number of carbonyl (C=O) groups is 2. The molecule has 2 aliphatic rings. The molecule has 0 saturated carbocycles. The minimum atomic E-state index is -0.692. The first-order valence-corrected chi connectivity index (χ1v) is 9.76. The van der Waals surface area contributed by atoms with Gasteiger partial charge in [-0.05, 0) is 50.8 Å². The van der Waals surface area contributed by atoms with E-state index in [9.17, 15) is 14.7 Å². The second kappa shape index (κ2) is 8.17. The molecule has 6 nitrogen and oxygen atoms in total. The molecule has 0 spiro atoms. The van der Waals surface area contributed by atoms with Gasteiger partial charge in [0, 0.05) is 29.3 Å². The molecule has 1 aliphatic carbocycles. The van der Waals surface area contributed by atoms with E-state index in [1.807, 2.05) is 20.8 Å². The van der Waals surface area contributed by atoms with Crippen molar-refractivity contribution in [3.05, 3.63) is 35.0 Å². The van der Waals surface area contributed by atoms with Gasteiger partial charge < -0.3 is 14.6 Å². The lowest BCUT2D eigenvalue weighted by Gasteiger charge is -2.35. The predicted octanol–water partition coefficient (Wildman–Crippen LogP) is 3.92. The van der Waals surface area contributed by atoms with Gasteiger partial charge in [0.25, 0.3) is 0 Å². The minimum absolute atomic E-state index is 0.0131. The van der Waals surface area contributed by atoms with Crippen molar-refractivity contribution < 1.29 is 24.2 Å². The van der Waals surface area contributed by atoms with Gasteiger partial charge in [-0.25, -0.2) is 0 Å². The highest BCUT2D eigenvalue weighted by Gasteiger charge is 2.43. The Balaban J connectivity index is 2.11. The number of methoxy groups -OCH3 is 1. The summed E-state index contributed by atoms with van der Waals surface area (Å²) < 4.78 is 10.7. The Bertz CT molecular complexity index is 854. The van der Waals surface area contributed by atoms with Gasteiger partial charge in [-0.2, -0.15) is 0 Å². The molecular weight excluding hydrogens is 358 g/mol. The van der Waals surface area contributed by atoms with E-state index in [0.29, 0.717) is 41.9 Å². The quantitative estimate of drug-likeness (QED) is 0.777. The topological polar surface area (TPSA) is 85.2 Å². The molecule has 0 radical (unpaired) electrons. The standard InChI is InChI=1S/C22H27NO5/c1-5-12(2)28-22(26)19-13(3)23-15-7-6-8-16(24)21(15)20(19)14-9-10-18(27-4)17(25)11-14/h9-12,19-20,25H,5-8H2,1-4H3/t12-,19?,20+/m1/s1. The smallest absolute Gasteiger partial charge is 0.315 e. The zero-order valence-corrected chi connectivity index (χ0v) is 16.8. The number of Topliss-reactive ketones (excluding diaryl/α,β-unsaturated/α-hetero) is 1. The van der Waals surface area contributed by atoms with Crippen LogP contribution < -0.4 is 4.74 Å². The van der Waals surface area contributed by atoms with Crippen LogP contribution in [-0.4, -0.2) is 35.8 Å². The van der Waals surface area contributed by atoms with Crippen LogP contribution in [0.25, 0.3) is 0 Å². The van der Waals surface area contributed by atoms with Gasteiger partial charge in [0.15, 0.2) is 17.3 Å². The van der Waals surface area contributed by atoms with Crippen molar-refractivity contribution in [3.63, 3.8) is 0 Å². The summed E-state index contributed by atoms with van der Waals surface area (Å²) in [4.78, 5) is 30.4. The molecule has 3 rings (SSSR count). The van der Waals surface area contributed by atoms with Gasteiger partial charge in [-0.3, -0.25) is 14.6 Å². The number of ether oxygens (including phenoxy) is 2. The number of rotatable bonds is 5. The maximum absolute atomic E-state index is 13.0. The highest BCUT2D eigenvalue weighted by Crippen LogP contribution is 2.45. The molecule has 28 heavy (non-hydrogen) atoms. The van der Waals surface area contributed by atoms with Crippen LogP contribution in [0.1, 0.15) is 57.9 Å². The van der Waals surface area contributed by atoms with E-state index < -0.39 is 11.8 Å². The normalized spacial score (nSPS) is 23.0. The Morgan fingerprint density at radius 2 is 2.11 bits per heavy atom. The molecule has 150 valence electrons. The summed E-state index contributed by atoms with van der Waals surface area (Å²) in [7, 11) is 1.48. The van der Waals surface area contributed by atoms with Crippen LogP contribution >= 0.6 is 0 Å². The largest absolute Gasteiger partial charge is 0.504 e. The molecular formula is C22H27NO5. The minimum Gasteiger partial charge on any atom is -0.504 e. The van der Waals surface area contributed by atoms with Crippen molar-refractivity contribution in [1.82, 2.24) is 0 Å². The highest BCUT2D eigenvalue weighted by molar-refractivity contribution is 6.08. The van der Waals surface area contributed by atoms with Crippen LogP contribution in [0.3, 0.4) is 0 Å². The van der Waals surface area contributed by atoms with Crippen molar-refractivity contribution in [2.75, 3.05) is 7.11 Å². The molecule has 0 fully saturated rings. The summed E-state index contributed by atoms with van der Waals surface area (Å²) >= 11 is 0. The number of phenolic OH excluding ortho intramolecular Hbond substituents is 1. The summed E-state index contributed by atoms with van der Waals surface area (Å²) in [6.45, 7) is 5.60. The number of allylic oxidation sites excluding steroid dienone is 2. The number of hydrogen-bond acceptors (Lipinski definition) is 6. The number of hydrogen-bond donors (Lipinski definition) is 1. The number of benzene rings is 1. The third-order valence-electron chi connectivity index (χ3n) is 5.54. The molecule has 1 heterocycles. The van der Waals surface area contributed by atoms with E-state index in [2.05, 4.69) is 4.99 Å². The SMILES string of the molecule is CC[C@@H](C)OC(=O)C1C(C)=NC2=C(C(=O)CCC2)[C@H]1c1ccc(OC)c(O)c1. The van der Waals surface area contributed by atoms with Crippen LogP contribution in [0.4, 0.5) is 0 Å². The highest BCUT2D eigenvalue weighted by atomic mass is 16.5. The van der Waals surface area contributed by atoms with Crippen molar-refractivity contribution >= 4 is 17.5 Å². The second-order valence-electron chi connectivity index (χ2n) is 7.43. The van der Waals surface area contributed by atoms with Crippen LogP contribution in [-0.2, 0) is 14.3 Å². The van der Waals surface area contributed by atoms with Gasteiger partial charge in [0.05, 0.1) is 13.2 Å². The first kappa shape index (κ1) is 20.1. The summed E-state index contributed by atoms with van der Waals surface area (Å²) in [5, 5.41) is 10.3. The van der Waals surface area contributed by atoms with Crippen LogP contribution in [0.2, 0.25) is 0 Å². The number of aromatic hydroxyl groups is 1. The Kier molecular flexibility index (Phi) is 5.87. The Labute approximate surface area is 165 Å². The molecule has 1 unspecified atom stereocenters. The number of aliphatic imine (C=N–C) groups is 1. The van der Waals surface area contributed by atoms with Gasteiger partial charge in [0.1, 0.15) is 5.92 Å². The fraction of sp³-hybridized carbons (Fsp3) is 0.500. The van der Waals surface area contributed by atoms with Crippen LogP contribution in [0, 0.1) is 5.92 Å². The van der Waals surface area contributed by atoms with E-state index in [1.54, 1.807) is 18.2 Å². The molecule has 0 saturated heterocycles. The zero-order chi connectivity index (χ0) is 20.4. The lowest BCUT2D eigenvalue weighted by molar-refractivity contribution is -0.151. The molecule has 0 amide bonds. The molecule has 0 bridgehead atoms. The molecule has 0 aromatic heterocycles. The van der Waals surface area contributed by atoms with E-state index in [-0.39, 0.29) is 23.6 Å². The Morgan fingerprint density at radius 3 is 2.75 bits per heavy atom. The average Bonchev–Trinajstić information content (AvgIpc) is 2.66. The molecule has 6 heteroatoms. The van der Waals surface area contributed by atoms with Gasteiger partial charge in [-0.15, -0.1) is 0 Å². The number of esters is 1. The number of carbonyl (C=O) groups excluding carboxylic acids is 2. The third kappa shape index (κ3) is 3.68. The van der Waals surface area contributed by atoms with Crippen LogP contribution in [0.5, 0.6) is 11.5 Å². The van der Waals surface area contributed by atoms with E-state index >= 15 is 0 Å². The monoisotopic (exact) mass is 385 g/mol. The molecule has 1 N–H and O–H groups in total. The lowest BCUT2D eigenvalue weighted by Crippen LogP contribution is -2.38. The summed E-state index contributed by atoms with van der Waals surface area (Å²) in [5.41, 5.74) is 2.65. The summed E-state index contributed by atoms with van der Waals surface area (Å²) in [5.74, 6) is -1.27. The first-order chi connectivity index (χ1) is 13.4. The Hall–Kier alpha value is -2.63. The molecule has 3 atom stereocenters. The fourth-order valence-corrected chi connectivity index (χ4v) is 3.93. The lowest BCUT2D eigenvalue weighted by atomic mass is 9.71. The maximum atomic E-state index is 13.0. The summed E-state index contributed by atoms with van der Waals surface area (Å²) in [6.07, 6.45) is 2.40. The van der Waals surface area contributed by atoms with Crippen LogP contribution in [0.15, 0.2) is 34.5 Å². The number of ketones is 1. The van der Waals surface area contributed by atoms with E-state index in [0.717, 1.165) is 12.1 Å². The van der Waals surface area contributed by atoms with E-state index in [4.69, 9.17) is 9.47 Å². The third-order valence-corrected chi connectivity index (χ3v) is 5.54. The van der Waals surface area contributed by atoms with Gasteiger partial charge >= 0.3 is 5.97 Å². The number of nitrogens with zero attached hydrogens (tertiary/aromatic N) is 1. The number of phenols is 1. The van der Waals surface area contributed by atoms with Gasteiger partial charge in [-0.1, -0.05) is 13.0 Å². The second-order valence-corrected chi connectivity index (χ2v) is 7.43. The Morgan fingerprint density at radius 1 is 1.36 bits per heavy atom. The zero-order valence-electron chi connectivity index (χ0n) is 16.8. The van der Waals surface area contributed by atoms with E-state index in [1.165, 1.54) is 7.11 Å². The van der Waals surface area contributed by atoms with Crippen molar-refractivity contribution in [2.45, 2.75) is 58.5 Å². The summed E-state index contributed by atoms with van der Waals surface area (Å²) in [6, 6.07) is 5.01.